The van der Waals surface area contributed by atoms with Gasteiger partial charge in [-0.05, 0) is 26.3 Å². The Morgan fingerprint density at radius 2 is 2.05 bits per heavy atom. The molecule has 1 aromatic carbocycles. The molecule has 0 spiro atoms. The number of aryl methyl sites for hydroxylation is 2. The van der Waals surface area contributed by atoms with Gasteiger partial charge in [-0.1, -0.05) is 11.2 Å². The Hall–Kier alpha value is -2.24. The van der Waals surface area contributed by atoms with Crippen LogP contribution in [0, 0.1) is 25.5 Å². The summed E-state index contributed by atoms with van der Waals surface area (Å²) >= 11 is 0. The highest BCUT2D eigenvalue weighted by atomic mass is 19.1. The lowest BCUT2D eigenvalue weighted by molar-refractivity contribution is -0.130. The predicted molar refractivity (Wildman–Crippen MR) is 77.1 cm³/mol. The molecule has 118 valence electrons. The molecule has 0 aliphatic heterocycles. The maximum absolute atomic E-state index is 13.6. The van der Waals surface area contributed by atoms with Crippen molar-refractivity contribution in [2.75, 3.05) is 7.05 Å². The van der Waals surface area contributed by atoms with E-state index < -0.39 is 11.6 Å². The lowest BCUT2D eigenvalue weighted by Crippen LogP contribution is -2.27. The molecule has 0 atom stereocenters. The van der Waals surface area contributed by atoms with Gasteiger partial charge in [0.05, 0.1) is 5.69 Å². The number of aromatic nitrogens is 1. The van der Waals surface area contributed by atoms with E-state index >= 15 is 0 Å². The summed E-state index contributed by atoms with van der Waals surface area (Å²) in [5.41, 5.74) is 1.99. The fourth-order valence-electron chi connectivity index (χ4n) is 2.28. The molecule has 0 radical (unpaired) electrons. The summed E-state index contributed by atoms with van der Waals surface area (Å²) in [6.07, 6.45) is 0.804. The van der Waals surface area contributed by atoms with Crippen LogP contribution < -0.4 is 0 Å². The fourth-order valence-corrected chi connectivity index (χ4v) is 2.28. The normalized spacial score (nSPS) is 10.8. The average molecular weight is 308 g/mol. The molecule has 0 aliphatic rings. The molecule has 0 N–H and O–H groups in total. The molecule has 0 fully saturated rings. The molecule has 0 saturated heterocycles. The summed E-state index contributed by atoms with van der Waals surface area (Å²) in [6, 6.07) is 3.35. The number of carbonyl (C=O) groups is 1. The van der Waals surface area contributed by atoms with Crippen molar-refractivity contribution in [1.82, 2.24) is 10.1 Å². The van der Waals surface area contributed by atoms with Crippen molar-refractivity contribution in [1.29, 1.82) is 0 Å². The Kier molecular flexibility index (Phi) is 4.90. The maximum atomic E-state index is 13.6. The van der Waals surface area contributed by atoms with Crippen molar-refractivity contribution in [3.63, 3.8) is 0 Å². The molecule has 2 rings (SSSR count). The van der Waals surface area contributed by atoms with Crippen LogP contribution >= 0.6 is 0 Å². The minimum Gasteiger partial charge on any atom is -0.361 e. The van der Waals surface area contributed by atoms with Gasteiger partial charge in [0.15, 0.2) is 0 Å². The van der Waals surface area contributed by atoms with Gasteiger partial charge in [-0.15, -0.1) is 0 Å². The standard InChI is InChI=1S/C16H18F2N2O2/c1-10-14(11(2)22-19-10)6-7-16(21)20(3)9-12-4-5-13(17)8-15(12)18/h4-5,8H,6-7,9H2,1-3H3. The zero-order valence-electron chi connectivity index (χ0n) is 12.8. The van der Waals surface area contributed by atoms with Crippen LogP contribution in [0.2, 0.25) is 0 Å². The highest BCUT2D eigenvalue weighted by molar-refractivity contribution is 5.76. The van der Waals surface area contributed by atoms with E-state index in [0.29, 0.717) is 12.2 Å². The van der Waals surface area contributed by atoms with Crippen LogP contribution in [-0.2, 0) is 17.8 Å². The lowest BCUT2D eigenvalue weighted by Gasteiger charge is -2.17. The minimum absolute atomic E-state index is 0.104. The number of nitrogens with zero attached hydrogens (tertiary/aromatic N) is 2. The number of hydrogen-bond donors (Lipinski definition) is 0. The highest BCUT2D eigenvalue weighted by Gasteiger charge is 2.15. The number of benzene rings is 1. The molecule has 0 unspecified atom stereocenters. The first-order valence-electron chi connectivity index (χ1n) is 6.98. The third-order valence-corrected chi connectivity index (χ3v) is 3.62. The van der Waals surface area contributed by atoms with Crippen LogP contribution in [0.3, 0.4) is 0 Å². The summed E-state index contributed by atoms with van der Waals surface area (Å²) in [6.45, 7) is 3.73. The monoisotopic (exact) mass is 308 g/mol. The van der Waals surface area contributed by atoms with Crippen LogP contribution in [0.4, 0.5) is 8.78 Å². The van der Waals surface area contributed by atoms with Crippen molar-refractivity contribution in [2.45, 2.75) is 33.2 Å². The molecule has 4 nitrogen and oxygen atoms in total. The summed E-state index contributed by atoms with van der Waals surface area (Å²) in [5, 5.41) is 3.84. The number of amides is 1. The van der Waals surface area contributed by atoms with Crippen LogP contribution in [0.5, 0.6) is 0 Å². The molecular formula is C16H18F2N2O2. The average Bonchev–Trinajstić information content (AvgIpc) is 2.78. The van der Waals surface area contributed by atoms with Gasteiger partial charge in [-0.3, -0.25) is 4.79 Å². The Morgan fingerprint density at radius 1 is 1.32 bits per heavy atom. The van der Waals surface area contributed by atoms with Crippen LogP contribution in [0.1, 0.15) is 29.0 Å². The van der Waals surface area contributed by atoms with Crippen LogP contribution in [-0.4, -0.2) is 23.0 Å². The molecule has 1 amide bonds. The Balaban J connectivity index is 1.95. The first-order chi connectivity index (χ1) is 10.4. The molecular weight excluding hydrogens is 290 g/mol. The number of carbonyl (C=O) groups excluding carboxylic acids is 1. The Morgan fingerprint density at radius 3 is 2.64 bits per heavy atom. The van der Waals surface area contributed by atoms with Crippen molar-refractivity contribution in [3.05, 3.63) is 52.4 Å². The van der Waals surface area contributed by atoms with E-state index in [-0.39, 0.29) is 24.4 Å². The van der Waals surface area contributed by atoms with Gasteiger partial charge in [-0.25, -0.2) is 8.78 Å². The third kappa shape index (κ3) is 3.69. The molecule has 0 aliphatic carbocycles. The van der Waals surface area contributed by atoms with Gasteiger partial charge in [0.2, 0.25) is 5.91 Å². The topological polar surface area (TPSA) is 46.3 Å². The fraction of sp³-hybridized carbons (Fsp3) is 0.375. The van der Waals surface area contributed by atoms with Gasteiger partial charge >= 0.3 is 0 Å². The van der Waals surface area contributed by atoms with Crippen LogP contribution in [0.15, 0.2) is 22.7 Å². The minimum atomic E-state index is -0.648. The van der Waals surface area contributed by atoms with Crippen molar-refractivity contribution >= 4 is 5.91 Å². The van der Waals surface area contributed by atoms with Crippen molar-refractivity contribution in [2.24, 2.45) is 0 Å². The summed E-state index contributed by atoms with van der Waals surface area (Å²) in [4.78, 5) is 13.5. The zero-order chi connectivity index (χ0) is 16.3. The van der Waals surface area contributed by atoms with Crippen LogP contribution in [0.25, 0.3) is 0 Å². The van der Waals surface area contributed by atoms with E-state index in [1.807, 2.05) is 6.92 Å². The summed E-state index contributed by atoms with van der Waals surface area (Å²) in [7, 11) is 1.60. The van der Waals surface area contributed by atoms with E-state index in [1.54, 1.807) is 14.0 Å². The highest BCUT2D eigenvalue weighted by Crippen LogP contribution is 2.16. The van der Waals surface area contributed by atoms with Gasteiger partial charge in [-0.2, -0.15) is 0 Å². The van der Waals surface area contributed by atoms with Crippen molar-refractivity contribution in [3.8, 4) is 0 Å². The molecule has 0 saturated carbocycles. The maximum Gasteiger partial charge on any atom is 0.222 e. The third-order valence-electron chi connectivity index (χ3n) is 3.62. The predicted octanol–water partition coefficient (Wildman–Crippen LogP) is 3.16. The molecule has 0 bridgehead atoms. The SMILES string of the molecule is Cc1noc(C)c1CCC(=O)N(C)Cc1ccc(F)cc1F. The Labute approximate surface area is 127 Å². The number of rotatable bonds is 5. The quantitative estimate of drug-likeness (QED) is 0.852. The van der Waals surface area contributed by atoms with E-state index in [0.717, 1.165) is 17.3 Å². The first kappa shape index (κ1) is 16.1. The number of hydrogen-bond acceptors (Lipinski definition) is 3. The molecule has 1 heterocycles. The van der Waals surface area contributed by atoms with Gasteiger partial charge in [0.25, 0.3) is 0 Å². The lowest BCUT2D eigenvalue weighted by atomic mass is 10.1. The largest absolute Gasteiger partial charge is 0.361 e. The second-order valence-corrected chi connectivity index (χ2v) is 5.29. The summed E-state index contributed by atoms with van der Waals surface area (Å²) < 4.78 is 31.5. The zero-order valence-corrected chi connectivity index (χ0v) is 12.8. The van der Waals surface area contributed by atoms with E-state index in [1.165, 1.54) is 17.0 Å². The van der Waals surface area contributed by atoms with Gasteiger partial charge in [0.1, 0.15) is 17.4 Å². The van der Waals surface area contributed by atoms with E-state index in [9.17, 15) is 13.6 Å². The van der Waals surface area contributed by atoms with Gasteiger partial charge < -0.3 is 9.42 Å². The second kappa shape index (κ2) is 6.68. The number of halogens is 2. The molecule has 2 aromatic rings. The summed E-state index contributed by atoms with van der Waals surface area (Å²) in [5.74, 6) is -0.694. The Bertz CT molecular complexity index is 663. The molecule has 1 aromatic heterocycles. The first-order valence-corrected chi connectivity index (χ1v) is 6.98. The molecule has 6 heteroatoms. The van der Waals surface area contributed by atoms with E-state index in [2.05, 4.69) is 5.16 Å². The van der Waals surface area contributed by atoms with Gasteiger partial charge in [0, 0.05) is 37.2 Å². The second-order valence-electron chi connectivity index (χ2n) is 5.29. The van der Waals surface area contributed by atoms with Crippen molar-refractivity contribution < 1.29 is 18.1 Å². The van der Waals surface area contributed by atoms with E-state index in [4.69, 9.17) is 4.52 Å². The smallest absolute Gasteiger partial charge is 0.222 e. The molecule has 22 heavy (non-hydrogen) atoms.